The van der Waals surface area contributed by atoms with E-state index < -0.39 is 0 Å². The molecule has 0 unspecified atom stereocenters. The van der Waals surface area contributed by atoms with Crippen LogP contribution in [0.2, 0.25) is 0 Å². The van der Waals surface area contributed by atoms with Crippen LogP contribution in [0.25, 0.3) is 10.9 Å². The molecule has 1 nitrogen and oxygen atoms in total. The van der Waals surface area contributed by atoms with E-state index in [1.54, 1.807) is 0 Å². The van der Waals surface area contributed by atoms with Crippen molar-refractivity contribution in [2.24, 2.45) is 0 Å². The Balaban J connectivity index is 1.79. The third-order valence-electron chi connectivity index (χ3n) is 3.22. The Morgan fingerprint density at radius 2 is 1.56 bits per heavy atom. The smallest absolute Gasteiger partial charge is 0.0704 e. The Morgan fingerprint density at radius 1 is 0.722 bits per heavy atom. The highest BCUT2D eigenvalue weighted by atomic mass is 14.6. The van der Waals surface area contributed by atoms with Gasteiger partial charge in [0.25, 0.3) is 0 Å². The molecule has 3 rings (SSSR count). The molecular weight excluding hydrogens is 218 g/mol. The number of hydrogen-bond acceptors (Lipinski definition) is 1. The molecule has 1 aromatic heterocycles. The zero-order valence-electron chi connectivity index (χ0n) is 10.2. The second kappa shape index (κ2) is 5.01. The summed E-state index contributed by atoms with van der Waals surface area (Å²) >= 11 is 0. The van der Waals surface area contributed by atoms with Gasteiger partial charge in [-0.25, -0.2) is 0 Å². The number of rotatable bonds is 3. The molecule has 88 valence electrons. The van der Waals surface area contributed by atoms with Gasteiger partial charge in [-0.3, -0.25) is 4.98 Å². The first kappa shape index (κ1) is 11.0. The molecule has 0 aliphatic rings. The maximum Gasteiger partial charge on any atom is 0.0704 e. The van der Waals surface area contributed by atoms with Crippen molar-refractivity contribution in [3.8, 4) is 0 Å². The Bertz CT molecular complexity index is 644. The number of hydrogen-bond donors (Lipinski definition) is 0. The number of fused-ring (bicyclic) bond motifs is 1. The van der Waals surface area contributed by atoms with Crippen molar-refractivity contribution >= 4 is 10.9 Å². The van der Waals surface area contributed by atoms with Crippen LogP contribution in [0, 0.1) is 0 Å². The van der Waals surface area contributed by atoms with Gasteiger partial charge in [0.1, 0.15) is 0 Å². The lowest BCUT2D eigenvalue weighted by molar-refractivity contribution is 0.962. The minimum Gasteiger partial charge on any atom is -0.256 e. The van der Waals surface area contributed by atoms with Crippen LogP contribution < -0.4 is 0 Å². The molecule has 0 bridgehead atoms. The minimum absolute atomic E-state index is 1.07. The van der Waals surface area contributed by atoms with Gasteiger partial charge in [-0.15, -0.1) is 0 Å². The summed E-state index contributed by atoms with van der Waals surface area (Å²) in [6, 6.07) is 21.2. The van der Waals surface area contributed by atoms with Gasteiger partial charge in [0.2, 0.25) is 0 Å². The first-order valence-corrected chi connectivity index (χ1v) is 6.29. The van der Waals surface area contributed by atoms with E-state index in [2.05, 4.69) is 59.6 Å². The van der Waals surface area contributed by atoms with Gasteiger partial charge in [0, 0.05) is 11.6 Å². The first-order chi connectivity index (χ1) is 8.92. The highest BCUT2D eigenvalue weighted by Gasteiger charge is 1.98. The molecule has 0 saturated heterocycles. The molecule has 0 radical (unpaired) electrons. The largest absolute Gasteiger partial charge is 0.256 e. The molecule has 0 atom stereocenters. The van der Waals surface area contributed by atoms with E-state index in [1.165, 1.54) is 16.5 Å². The van der Waals surface area contributed by atoms with Crippen LogP contribution in [0.3, 0.4) is 0 Å². The highest BCUT2D eigenvalue weighted by molar-refractivity contribution is 5.78. The Morgan fingerprint density at radius 3 is 2.44 bits per heavy atom. The van der Waals surface area contributed by atoms with Gasteiger partial charge in [0.15, 0.2) is 0 Å². The predicted octanol–water partition coefficient (Wildman–Crippen LogP) is 4.02. The molecule has 0 spiro atoms. The van der Waals surface area contributed by atoms with Crippen LogP contribution >= 0.6 is 0 Å². The lowest BCUT2D eigenvalue weighted by Crippen LogP contribution is -1.91. The second-order valence-electron chi connectivity index (χ2n) is 4.52. The monoisotopic (exact) mass is 233 g/mol. The van der Waals surface area contributed by atoms with Gasteiger partial charge in [-0.2, -0.15) is 0 Å². The Labute approximate surface area is 107 Å². The van der Waals surface area contributed by atoms with E-state index in [0.717, 1.165) is 18.4 Å². The molecule has 0 amide bonds. The SMILES string of the molecule is c1ccc(CCc2ccc3cccnc3c2)cc1. The third-order valence-corrected chi connectivity index (χ3v) is 3.22. The molecule has 1 heteroatoms. The standard InChI is InChI=1S/C17H15N/c1-2-5-14(6-3-1)8-9-15-10-11-16-7-4-12-18-17(16)13-15/h1-7,10-13H,8-9H2. The predicted molar refractivity (Wildman–Crippen MR) is 75.6 cm³/mol. The summed E-state index contributed by atoms with van der Waals surface area (Å²) in [7, 11) is 0. The van der Waals surface area contributed by atoms with Crippen molar-refractivity contribution in [1.82, 2.24) is 4.98 Å². The van der Waals surface area contributed by atoms with Crippen molar-refractivity contribution in [1.29, 1.82) is 0 Å². The van der Waals surface area contributed by atoms with Crippen LogP contribution in [0.1, 0.15) is 11.1 Å². The zero-order valence-corrected chi connectivity index (χ0v) is 10.2. The van der Waals surface area contributed by atoms with Gasteiger partial charge < -0.3 is 0 Å². The summed E-state index contributed by atoms with van der Waals surface area (Å²) in [6.07, 6.45) is 4.00. The third kappa shape index (κ3) is 2.40. The molecule has 2 aromatic carbocycles. The molecule has 0 N–H and O–H groups in total. The van der Waals surface area contributed by atoms with Crippen molar-refractivity contribution in [2.45, 2.75) is 12.8 Å². The number of aromatic nitrogens is 1. The zero-order chi connectivity index (χ0) is 12.2. The number of nitrogens with zero attached hydrogens (tertiary/aromatic N) is 1. The first-order valence-electron chi connectivity index (χ1n) is 6.29. The average molecular weight is 233 g/mol. The molecule has 18 heavy (non-hydrogen) atoms. The quantitative estimate of drug-likeness (QED) is 0.665. The van der Waals surface area contributed by atoms with Gasteiger partial charge >= 0.3 is 0 Å². The summed E-state index contributed by atoms with van der Waals surface area (Å²) in [5, 5.41) is 1.21. The fraction of sp³-hybridized carbons (Fsp3) is 0.118. The minimum atomic E-state index is 1.07. The van der Waals surface area contributed by atoms with Crippen molar-refractivity contribution in [3.05, 3.63) is 78.0 Å². The molecule has 0 aliphatic carbocycles. The van der Waals surface area contributed by atoms with Crippen molar-refractivity contribution in [2.75, 3.05) is 0 Å². The summed E-state index contributed by atoms with van der Waals surface area (Å²) in [5.74, 6) is 0. The van der Waals surface area contributed by atoms with Crippen molar-refractivity contribution in [3.63, 3.8) is 0 Å². The van der Waals surface area contributed by atoms with E-state index in [9.17, 15) is 0 Å². The normalized spacial score (nSPS) is 10.7. The fourth-order valence-corrected chi connectivity index (χ4v) is 2.20. The fourth-order valence-electron chi connectivity index (χ4n) is 2.20. The lowest BCUT2D eigenvalue weighted by atomic mass is 10.0. The van der Waals surface area contributed by atoms with Crippen LogP contribution in [-0.2, 0) is 12.8 Å². The van der Waals surface area contributed by atoms with Crippen LogP contribution in [0.5, 0.6) is 0 Å². The topological polar surface area (TPSA) is 12.9 Å². The van der Waals surface area contributed by atoms with Gasteiger partial charge in [0.05, 0.1) is 5.52 Å². The Hall–Kier alpha value is -2.15. The van der Waals surface area contributed by atoms with E-state index in [1.807, 2.05) is 12.3 Å². The Kier molecular flexibility index (Phi) is 3.05. The summed E-state index contributed by atoms with van der Waals surface area (Å²) in [6.45, 7) is 0. The summed E-state index contributed by atoms with van der Waals surface area (Å²) in [4.78, 5) is 4.40. The summed E-state index contributed by atoms with van der Waals surface area (Å²) < 4.78 is 0. The van der Waals surface area contributed by atoms with Crippen LogP contribution in [0.4, 0.5) is 0 Å². The molecular formula is C17H15N. The lowest BCUT2D eigenvalue weighted by Gasteiger charge is -2.03. The molecule has 0 aliphatic heterocycles. The van der Waals surface area contributed by atoms with E-state index in [-0.39, 0.29) is 0 Å². The number of aryl methyl sites for hydroxylation is 2. The molecule has 0 saturated carbocycles. The number of pyridine rings is 1. The highest BCUT2D eigenvalue weighted by Crippen LogP contribution is 2.15. The summed E-state index contributed by atoms with van der Waals surface area (Å²) in [5.41, 5.74) is 3.83. The van der Waals surface area contributed by atoms with Crippen molar-refractivity contribution < 1.29 is 0 Å². The number of benzene rings is 2. The molecule has 0 fully saturated rings. The van der Waals surface area contributed by atoms with Gasteiger partial charge in [-0.05, 0) is 36.1 Å². The van der Waals surface area contributed by atoms with Gasteiger partial charge in [-0.1, -0.05) is 48.5 Å². The van der Waals surface area contributed by atoms with Crippen LogP contribution in [0.15, 0.2) is 66.9 Å². The molecule has 3 aromatic rings. The maximum absolute atomic E-state index is 4.40. The van der Waals surface area contributed by atoms with E-state index >= 15 is 0 Å². The van der Waals surface area contributed by atoms with E-state index in [0.29, 0.717) is 0 Å². The van der Waals surface area contributed by atoms with E-state index in [4.69, 9.17) is 0 Å². The van der Waals surface area contributed by atoms with Crippen LogP contribution in [-0.4, -0.2) is 4.98 Å². The average Bonchev–Trinajstić information content (AvgIpc) is 2.46. The molecule has 1 heterocycles. The second-order valence-corrected chi connectivity index (χ2v) is 4.52. The maximum atomic E-state index is 4.40.